The van der Waals surface area contributed by atoms with Gasteiger partial charge in [-0.2, -0.15) is 0 Å². The first-order valence-electron chi connectivity index (χ1n) is 6.95. The highest BCUT2D eigenvalue weighted by Crippen LogP contribution is 2.30. The minimum absolute atomic E-state index is 0.0904. The zero-order valence-corrected chi connectivity index (χ0v) is 14.7. The minimum Gasteiger partial charge on any atom is -0.495 e. The molecule has 0 aromatic heterocycles. The molecule has 0 atom stereocenters. The molecule has 0 heterocycles. The summed E-state index contributed by atoms with van der Waals surface area (Å²) in [5.41, 5.74) is 0.503. The lowest BCUT2D eigenvalue weighted by Gasteiger charge is -2.20. The van der Waals surface area contributed by atoms with E-state index in [2.05, 4.69) is 0 Å². The van der Waals surface area contributed by atoms with E-state index in [-0.39, 0.29) is 9.92 Å². The standard InChI is InChI=1S/C16H18ClNO4S/c1-4-22-13-7-5-6-12(10-13)18(2)23(19,20)14-8-9-16(21-3)15(17)11-14/h5-11H,4H2,1-3H3. The molecule has 0 fully saturated rings. The summed E-state index contributed by atoms with van der Waals surface area (Å²) in [5, 5.41) is 0.241. The van der Waals surface area contributed by atoms with E-state index in [1.165, 1.54) is 36.7 Å². The number of halogens is 1. The number of sulfonamides is 1. The van der Waals surface area contributed by atoms with E-state index in [1.54, 1.807) is 24.3 Å². The second kappa shape index (κ2) is 7.10. The van der Waals surface area contributed by atoms with Gasteiger partial charge < -0.3 is 9.47 Å². The van der Waals surface area contributed by atoms with Crippen molar-refractivity contribution in [3.63, 3.8) is 0 Å². The van der Waals surface area contributed by atoms with Gasteiger partial charge in [-0.25, -0.2) is 8.42 Å². The van der Waals surface area contributed by atoms with E-state index in [4.69, 9.17) is 21.1 Å². The van der Waals surface area contributed by atoms with E-state index in [0.717, 1.165) is 0 Å². The zero-order valence-electron chi connectivity index (χ0n) is 13.1. The van der Waals surface area contributed by atoms with Crippen molar-refractivity contribution in [1.29, 1.82) is 0 Å². The molecule has 2 aromatic carbocycles. The molecule has 0 spiro atoms. The summed E-state index contributed by atoms with van der Waals surface area (Å²) in [5.74, 6) is 1.03. The van der Waals surface area contributed by atoms with Gasteiger partial charge in [-0.3, -0.25) is 4.31 Å². The van der Waals surface area contributed by atoms with Crippen LogP contribution < -0.4 is 13.8 Å². The van der Waals surface area contributed by atoms with Crippen molar-refractivity contribution in [2.75, 3.05) is 25.1 Å². The molecule has 23 heavy (non-hydrogen) atoms. The second-order valence-electron chi connectivity index (χ2n) is 4.70. The maximum absolute atomic E-state index is 12.7. The van der Waals surface area contributed by atoms with Crippen LogP contribution in [0, 0.1) is 0 Å². The molecule has 0 saturated heterocycles. The fraction of sp³-hybridized carbons (Fsp3) is 0.250. The largest absolute Gasteiger partial charge is 0.495 e. The second-order valence-corrected chi connectivity index (χ2v) is 7.08. The molecule has 2 rings (SSSR count). The summed E-state index contributed by atoms with van der Waals surface area (Å²) >= 11 is 6.02. The monoisotopic (exact) mass is 355 g/mol. The third kappa shape index (κ3) is 3.71. The lowest BCUT2D eigenvalue weighted by atomic mass is 10.3. The Balaban J connectivity index is 2.38. The smallest absolute Gasteiger partial charge is 0.264 e. The quantitative estimate of drug-likeness (QED) is 0.794. The van der Waals surface area contributed by atoms with Gasteiger partial charge in [0.1, 0.15) is 11.5 Å². The van der Waals surface area contributed by atoms with Crippen molar-refractivity contribution in [1.82, 2.24) is 0 Å². The Morgan fingerprint density at radius 2 is 1.91 bits per heavy atom. The van der Waals surface area contributed by atoms with Crippen LogP contribution >= 0.6 is 11.6 Å². The molecular formula is C16H18ClNO4S. The Labute approximate surface area is 141 Å². The molecule has 0 amide bonds. The number of hydrogen-bond acceptors (Lipinski definition) is 4. The maximum Gasteiger partial charge on any atom is 0.264 e. The summed E-state index contributed by atoms with van der Waals surface area (Å²) < 4.78 is 37.1. The van der Waals surface area contributed by atoms with Crippen LogP contribution in [0.1, 0.15) is 6.92 Å². The van der Waals surface area contributed by atoms with Crippen LogP contribution in [0.2, 0.25) is 5.02 Å². The fourth-order valence-corrected chi connectivity index (χ4v) is 3.58. The van der Waals surface area contributed by atoms with E-state index < -0.39 is 10.0 Å². The highest BCUT2D eigenvalue weighted by atomic mass is 35.5. The highest BCUT2D eigenvalue weighted by Gasteiger charge is 2.22. The predicted molar refractivity (Wildman–Crippen MR) is 91.2 cm³/mol. The van der Waals surface area contributed by atoms with Gasteiger partial charge in [-0.05, 0) is 37.3 Å². The average Bonchev–Trinajstić information content (AvgIpc) is 2.54. The van der Waals surface area contributed by atoms with Crippen LogP contribution in [0.3, 0.4) is 0 Å². The van der Waals surface area contributed by atoms with Gasteiger partial charge in [0.05, 0.1) is 29.3 Å². The Hall–Kier alpha value is -1.92. The van der Waals surface area contributed by atoms with Gasteiger partial charge in [0.25, 0.3) is 10.0 Å². The van der Waals surface area contributed by atoms with Crippen molar-refractivity contribution in [3.05, 3.63) is 47.5 Å². The molecule has 0 bridgehead atoms. The molecule has 0 unspecified atom stereocenters. The number of methoxy groups -OCH3 is 1. The van der Waals surface area contributed by atoms with Crippen molar-refractivity contribution < 1.29 is 17.9 Å². The number of benzene rings is 2. The van der Waals surface area contributed by atoms with E-state index in [0.29, 0.717) is 23.8 Å². The Morgan fingerprint density at radius 1 is 1.17 bits per heavy atom. The van der Waals surface area contributed by atoms with Crippen LogP contribution in [-0.2, 0) is 10.0 Å². The Bertz CT molecular complexity index is 792. The Morgan fingerprint density at radius 3 is 2.52 bits per heavy atom. The molecule has 7 heteroatoms. The van der Waals surface area contributed by atoms with E-state index in [1.807, 2.05) is 6.92 Å². The highest BCUT2D eigenvalue weighted by molar-refractivity contribution is 7.92. The van der Waals surface area contributed by atoms with Crippen LogP contribution in [0.15, 0.2) is 47.4 Å². The first-order chi connectivity index (χ1) is 10.9. The van der Waals surface area contributed by atoms with Gasteiger partial charge in [0.15, 0.2) is 0 Å². The van der Waals surface area contributed by atoms with Crippen molar-refractivity contribution in [2.45, 2.75) is 11.8 Å². The summed E-state index contributed by atoms with van der Waals surface area (Å²) in [4.78, 5) is 0.0904. The van der Waals surface area contributed by atoms with Crippen LogP contribution in [0.4, 0.5) is 5.69 Å². The molecule has 0 aliphatic rings. The van der Waals surface area contributed by atoms with Gasteiger partial charge in [0, 0.05) is 13.1 Å². The van der Waals surface area contributed by atoms with Gasteiger partial charge in [-0.15, -0.1) is 0 Å². The fourth-order valence-electron chi connectivity index (χ4n) is 2.04. The van der Waals surface area contributed by atoms with Gasteiger partial charge in [-0.1, -0.05) is 17.7 Å². The number of hydrogen-bond donors (Lipinski definition) is 0. The van der Waals surface area contributed by atoms with Crippen LogP contribution in [0.25, 0.3) is 0 Å². The number of nitrogens with zero attached hydrogens (tertiary/aromatic N) is 1. The zero-order chi connectivity index (χ0) is 17.0. The lowest BCUT2D eigenvalue weighted by molar-refractivity contribution is 0.340. The SMILES string of the molecule is CCOc1cccc(N(C)S(=O)(=O)c2ccc(OC)c(Cl)c2)c1. The average molecular weight is 356 g/mol. The van der Waals surface area contributed by atoms with Crippen molar-refractivity contribution in [2.24, 2.45) is 0 Å². The normalized spacial score (nSPS) is 11.1. The first kappa shape index (κ1) is 17.4. The van der Waals surface area contributed by atoms with E-state index >= 15 is 0 Å². The third-order valence-corrected chi connectivity index (χ3v) is 5.35. The topological polar surface area (TPSA) is 55.8 Å². The molecule has 0 radical (unpaired) electrons. The molecule has 0 N–H and O–H groups in total. The number of rotatable bonds is 6. The first-order valence-corrected chi connectivity index (χ1v) is 8.77. The number of ether oxygens (including phenoxy) is 2. The molecule has 0 aliphatic heterocycles. The van der Waals surface area contributed by atoms with Gasteiger partial charge >= 0.3 is 0 Å². The minimum atomic E-state index is -3.73. The molecule has 2 aromatic rings. The molecule has 0 saturated carbocycles. The van der Waals surface area contributed by atoms with Crippen molar-refractivity contribution >= 4 is 27.3 Å². The third-order valence-electron chi connectivity index (χ3n) is 3.27. The summed E-state index contributed by atoms with van der Waals surface area (Å²) in [7, 11) is -0.776. The maximum atomic E-state index is 12.7. The predicted octanol–water partition coefficient (Wildman–Crippen LogP) is 3.57. The van der Waals surface area contributed by atoms with Crippen LogP contribution in [0.5, 0.6) is 11.5 Å². The van der Waals surface area contributed by atoms with Crippen LogP contribution in [-0.4, -0.2) is 29.2 Å². The molecule has 124 valence electrons. The summed E-state index contributed by atoms with van der Waals surface area (Å²) in [6.45, 7) is 2.38. The van der Waals surface area contributed by atoms with Gasteiger partial charge in [0.2, 0.25) is 0 Å². The lowest BCUT2D eigenvalue weighted by Crippen LogP contribution is -2.26. The molecule has 0 aliphatic carbocycles. The van der Waals surface area contributed by atoms with Crippen molar-refractivity contribution in [3.8, 4) is 11.5 Å². The summed E-state index contributed by atoms with van der Waals surface area (Å²) in [6, 6.07) is 11.3. The van der Waals surface area contributed by atoms with E-state index in [9.17, 15) is 8.42 Å². The summed E-state index contributed by atoms with van der Waals surface area (Å²) in [6.07, 6.45) is 0. The number of anilines is 1. The molecular weight excluding hydrogens is 338 g/mol. The Kier molecular flexibility index (Phi) is 5.38. The molecule has 5 nitrogen and oxygen atoms in total.